The van der Waals surface area contributed by atoms with Gasteiger partial charge in [-0.1, -0.05) is 13.3 Å². The first kappa shape index (κ1) is 12.2. The maximum absolute atomic E-state index is 11.1. The Balaban J connectivity index is 2.46. The second-order valence-corrected chi connectivity index (χ2v) is 3.85. The Labute approximate surface area is 105 Å². The zero-order valence-electron chi connectivity index (χ0n) is 10.00. The van der Waals surface area contributed by atoms with Crippen molar-refractivity contribution >= 4 is 5.97 Å². The molecule has 0 aliphatic carbocycles. The molecule has 2 rings (SSSR count). The number of carboxylic acids is 1. The molecule has 5 heteroatoms. The van der Waals surface area contributed by atoms with E-state index in [0.717, 1.165) is 12.0 Å². The molecular weight excluding hydrogens is 230 g/mol. The molecule has 5 nitrogen and oxygen atoms in total. The minimum atomic E-state index is -0.986. The van der Waals surface area contributed by atoms with Gasteiger partial charge in [0.05, 0.1) is 11.3 Å². The molecule has 0 unspecified atom stereocenters. The van der Waals surface area contributed by atoms with E-state index in [2.05, 4.69) is 15.0 Å². The van der Waals surface area contributed by atoms with Gasteiger partial charge in [0.15, 0.2) is 5.82 Å². The van der Waals surface area contributed by atoms with Crippen LogP contribution in [0.15, 0.2) is 30.7 Å². The first-order valence-corrected chi connectivity index (χ1v) is 5.72. The third kappa shape index (κ3) is 2.51. The highest BCUT2D eigenvalue weighted by atomic mass is 16.4. The molecule has 0 bridgehead atoms. The normalized spacial score (nSPS) is 10.3. The van der Waals surface area contributed by atoms with Gasteiger partial charge in [-0.2, -0.15) is 0 Å². The monoisotopic (exact) mass is 243 g/mol. The summed E-state index contributed by atoms with van der Waals surface area (Å²) in [6, 6.07) is 3.59. The van der Waals surface area contributed by atoms with Crippen LogP contribution in [0, 0.1) is 0 Å². The molecular formula is C13H13N3O2. The fourth-order valence-corrected chi connectivity index (χ4v) is 1.66. The molecule has 0 fully saturated rings. The number of nitrogens with zero attached hydrogens (tertiary/aromatic N) is 3. The summed E-state index contributed by atoms with van der Waals surface area (Å²) in [6.07, 6.45) is 6.15. The number of hydrogen-bond acceptors (Lipinski definition) is 4. The van der Waals surface area contributed by atoms with E-state index in [4.69, 9.17) is 5.11 Å². The van der Waals surface area contributed by atoms with E-state index in [9.17, 15) is 4.79 Å². The fourth-order valence-electron chi connectivity index (χ4n) is 1.66. The number of aryl methyl sites for hydroxylation is 1. The largest absolute Gasteiger partial charge is 0.478 e. The van der Waals surface area contributed by atoms with Crippen molar-refractivity contribution in [3.63, 3.8) is 0 Å². The summed E-state index contributed by atoms with van der Waals surface area (Å²) in [5, 5.41) is 9.06. The Morgan fingerprint density at radius 3 is 2.67 bits per heavy atom. The highest BCUT2D eigenvalue weighted by molar-refractivity contribution is 5.88. The Hall–Kier alpha value is -2.30. The van der Waals surface area contributed by atoms with Crippen LogP contribution < -0.4 is 0 Å². The Bertz CT molecular complexity index is 555. The molecule has 0 amide bonds. The second-order valence-electron chi connectivity index (χ2n) is 3.85. The first-order chi connectivity index (χ1) is 8.72. The van der Waals surface area contributed by atoms with Crippen molar-refractivity contribution in [3.8, 4) is 11.4 Å². The van der Waals surface area contributed by atoms with E-state index in [0.29, 0.717) is 17.9 Å². The number of hydrogen-bond donors (Lipinski definition) is 1. The van der Waals surface area contributed by atoms with Crippen molar-refractivity contribution in [1.82, 2.24) is 15.0 Å². The van der Waals surface area contributed by atoms with Crippen molar-refractivity contribution < 1.29 is 9.90 Å². The van der Waals surface area contributed by atoms with Crippen LogP contribution in [-0.4, -0.2) is 26.0 Å². The van der Waals surface area contributed by atoms with Gasteiger partial charge < -0.3 is 5.11 Å². The van der Waals surface area contributed by atoms with Gasteiger partial charge in [0.1, 0.15) is 0 Å². The van der Waals surface area contributed by atoms with Crippen LogP contribution in [0.25, 0.3) is 11.4 Å². The smallest absolute Gasteiger partial charge is 0.339 e. The molecule has 0 radical (unpaired) electrons. The minimum absolute atomic E-state index is 0.176. The highest BCUT2D eigenvalue weighted by Crippen LogP contribution is 2.16. The molecule has 0 saturated carbocycles. The van der Waals surface area contributed by atoms with E-state index < -0.39 is 5.97 Å². The highest BCUT2D eigenvalue weighted by Gasteiger charge is 2.13. The van der Waals surface area contributed by atoms with Gasteiger partial charge >= 0.3 is 5.97 Å². The second kappa shape index (κ2) is 5.35. The number of rotatable bonds is 4. The summed E-state index contributed by atoms with van der Waals surface area (Å²) >= 11 is 0. The van der Waals surface area contributed by atoms with E-state index in [1.165, 1.54) is 6.20 Å². The van der Waals surface area contributed by atoms with Gasteiger partial charge in [0.2, 0.25) is 0 Å². The van der Waals surface area contributed by atoms with Crippen LogP contribution in [0.1, 0.15) is 29.4 Å². The maximum Gasteiger partial charge on any atom is 0.339 e. The van der Waals surface area contributed by atoms with Crippen LogP contribution in [-0.2, 0) is 6.42 Å². The van der Waals surface area contributed by atoms with Crippen LogP contribution in [0.3, 0.4) is 0 Å². The number of carboxylic acid groups (broad SMARTS) is 1. The summed E-state index contributed by atoms with van der Waals surface area (Å²) in [5.74, 6) is -0.453. The molecule has 0 aromatic carbocycles. The minimum Gasteiger partial charge on any atom is -0.478 e. The summed E-state index contributed by atoms with van der Waals surface area (Å²) in [4.78, 5) is 23.4. The van der Waals surface area contributed by atoms with Gasteiger partial charge in [-0.05, 0) is 18.6 Å². The number of pyridine rings is 1. The summed E-state index contributed by atoms with van der Waals surface area (Å²) in [7, 11) is 0. The average molecular weight is 243 g/mol. The molecule has 0 aliphatic heterocycles. The van der Waals surface area contributed by atoms with E-state index in [-0.39, 0.29) is 5.56 Å². The fraction of sp³-hybridized carbons (Fsp3) is 0.231. The quantitative estimate of drug-likeness (QED) is 0.890. The van der Waals surface area contributed by atoms with Crippen LogP contribution in [0.5, 0.6) is 0 Å². The lowest BCUT2D eigenvalue weighted by Crippen LogP contribution is -2.07. The molecule has 0 saturated heterocycles. The van der Waals surface area contributed by atoms with Crippen LogP contribution in [0.2, 0.25) is 0 Å². The van der Waals surface area contributed by atoms with E-state index in [1.807, 2.05) is 6.92 Å². The van der Waals surface area contributed by atoms with Crippen LogP contribution in [0.4, 0.5) is 0 Å². The van der Waals surface area contributed by atoms with Crippen molar-refractivity contribution in [1.29, 1.82) is 0 Å². The molecule has 1 N–H and O–H groups in total. The molecule has 92 valence electrons. The van der Waals surface area contributed by atoms with Gasteiger partial charge in [0, 0.05) is 24.2 Å². The van der Waals surface area contributed by atoms with Crippen molar-refractivity contribution in [2.45, 2.75) is 19.8 Å². The Kier molecular flexibility index (Phi) is 3.62. The standard InChI is InChI=1S/C13H13N3O2/c1-2-3-11-10(13(17)18)8-15-12(16-11)9-4-6-14-7-5-9/h4-8H,2-3H2,1H3,(H,17,18). The topological polar surface area (TPSA) is 76.0 Å². The number of carbonyl (C=O) groups is 1. The molecule has 18 heavy (non-hydrogen) atoms. The van der Waals surface area contributed by atoms with Crippen LogP contribution >= 0.6 is 0 Å². The van der Waals surface area contributed by atoms with Crippen molar-refractivity contribution in [3.05, 3.63) is 42.0 Å². The predicted octanol–water partition coefficient (Wildman–Crippen LogP) is 2.19. The summed E-state index contributed by atoms with van der Waals surface area (Å²) in [5.41, 5.74) is 1.58. The van der Waals surface area contributed by atoms with Crippen molar-refractivity contribution in [2.24, 2.45) is 0 Å². The lowest BCUT2D eigenvalue weighted by atomic mass is 10.1. The molecule has 0 aliphatic rings. The molecule has 2 aromatic heterocycles. The van der Waals surface area contributed by atoms with E-state index in [1.54, 1.807) is 24.5 Å². The lowest BCUT2D eigenvalue weighted by molar-refractivity contribution is 0.0694. The Morgan fingerprint density at radius 2 is 2.06 bits per heavy atom. The van der Waals surface area contributed by atoms with E-state index >= 15 is 0 Å². The SMILES string of the molecule is CCCc1nc(-c2ccncc2)ncc1C(=O)O. The van der Waals surface area contributed by atoms with Gasteiger partial charge in [-0.15, -0.1) is 0 Å². The van der Waals surface area contributed by atoms with Gasteiger partial charge in [-0.3, -0.25) is 4.98 Å². The molecule has 2 aromatic rings. The van der Waals surface area contributed by atoms with Gasteiger partial charge in [-0.25, -0.2) is 14.8 Å². The average Bonchev–Trinajstić information content (AvgIpc) is 2.40. The molecule has 0 atom stereocenters. The predicted molar refractivity (Wildman–Crippen MR) is 66.2 cm³/mol. The Morgan fingerprint density at radius 1 is 1.33 bits per heavy atom. The third-order valence-corrected chi connectivity index (χ3v) is 2.52. The van der Waals surface area contributed by atoms with Gasteiger partial charge in [0.25, 0.3) is 0 Å². The first-order valence-electron chi connectivity index (χ1n) is 5.72. The molecule has 0 spiro atoms. The lowest BCUT2D eigenvalue weighted by Gasteiger charge is -2.06. The molecule has 2 heterocycles. The summed E-state index contributed by atoms with van der Waals surface area (Å²) < 4.78 is 0. The maximum atomic E-state index is 11.1. The van der Waals surface area contributed by atoms with Crippen molar-refractivity contribution in [2.75, 3.05) is 0 Å². The third-order valence-electron chi connectivity index (χ3n) is 2.52. The summed E-state index contributed by atoms with van der Waals surface area (Å²) in [6.45, 7) is 1.99. The zero-order chi connectivity index (χ0) is 13.0. The zero-order valence-corrected chi connectivity index (χ0v) is 10.00. The number of aromatic carboxylic acids is 1. The number of aromatic nitrogens is 3.